The Morgan fingerprint density at radius 2 is 2.35 bits per heavy atom. The van der Waals surface area contributed by atoms with Crippen molar-refractivity contribution in [3.63, 3.8) is 0 Å². The summed E-state index contributed by atoms with van der Waals surface area (Å²) >= 11 is 0. The second-order valence-corrected chi connectivity index (χ2v) is 4.70. The van der Waals surface area contributed by atoms with E-state index in [0.29, 0.717) is 6.54 Å². The van der Waals surface area contributed by atoms with Crippen molar-refractivity contribution in [1.29, 1.82) is 0 Å². The van der Waals surface area contributed by atoms with E-state index < -0.39 is 12.0 Å². The summed E-state index contributed by atoms with van der Waals surface area (Å²) < 4.78 is 0. The second-order valence-electron chi connectivity index (χ2n) is 4.70. The van der Waals surface area contributed by atoms with Crippen LogP contribution in [0.3, 0.4) is 0 Å². The van der Waals surface area contributed by atoms with E-state index in [-0.39, 0.29) is 19.0 Å². The zero-order valence-corrected chi connectivity index (χ0v) is 11.3. The summed E-state index contributed by atoms with van der Waals surface area (Å²) in [7, 11) is 1.84. The van der Waals surface area contributed by atoms with Crippen LogP contribution >= 0.6 is 0 Å². The van der Waals surface area contributed by atoms with Gasteiger partial charge in [-0.05, 0) is 20.0 Å². The van der Waals surface area contributed by atoms with Gasteiger partial charge in [0.1, 0.15) is 6.04 Å². The molecule has 1 atom stereocenters. The summed E-state index contributed by atoms with van der Waals surface area (Å²) in [6.45, 7) is 1.55. The first-order chi connectivity index (χ1) is 9.63. The molecule has 2 amide bonds. The first-order valence-corrected chi connectivity index (χ1v) is 6.56. The average molecular weight is 281 g/mol. The number of aliphatic carboxylic acids is 1. The lowest BCUT2D eigenvalue weighted by atomic mass is 10.0. The number of amides is 2. The number of imidazole rings is 1. The fourth-order valence-electron chi connectivity index (χ4n) is 2.23. The van der Waals surface area contributed by atoms with Crippen LogP contribution in [0.5, 0.6) is 0 Å². The van der Waals surface area contributed by atoms with Gasteiger partial charge in [0, 0.05) is 13.0 Å². The van der Waals surface area contributed by atoms with Gasteiger partial charge in [0.15, 0.2) is 0 Å². The quantitative estimate of drug-likeness (QED) is 0.546. The minimum Gasteiger partial charge on any atom is -0.480 e. The average Bonchev–Trinajstić information content (AvgIpc) is 2.89. The van der Waals surface area contributed by atoms with Crippen LogP contribution in [0.2, 0.25) is 0 Å². The topological polar surface area (TPSA) is 110 Å². The first-order valence-electron chi connectivity index (χ1n) is 6.56. The van der Waals surface area contributed by atoms with Gasteiger partial charge in [0.05, 0.1) is 24.3 Å². The van der Waals surface area contributed by atoms with Crippen molar-refractivity contribution < 1.29 is 14.7 Å². The van der Waals surface area contributed by atoms with E-state index in [2.05, 4.69) is 20.6 Å². The molecule has 0 saturated carbocycles. The van der Waals surface area contributed by atoms with Crippen LogP contribution in [0.4, 0.5) is 4.79 Å². The number of carboxylic acid groups (broad SMARTS) is 1. The number of carboxylic acids is 1. The highest BCUT2D eigenvalue weighted by Gasteiger charge is 2.35. The summed E-state index contributed by atoms with van der Waals surface area (Å²) in [6, 6.07) is -1.22. The monoisotopic (exact) mass is 281 g/mol. The van der Waals surface area contributed by atoms with Gasteiger partial charge >= 0.3 is 12.0 Å². The van der Waals surface area contributed by atoms with Crippen LogP contribution in [0.25, 0.3) is 0 Å². The lowest BCUT2D eigenvalue weighted by Crippen LogP contribution is -2.52. The van der Waals surface area contributed by atoms with Crippen LogP contribution in [0, 0.1) is 0 Å². The molecule has 2 rings (SSSR count). The maximum absolute atomic E-state index is 12.1. The van der Waals surface area contributed by atoms with E-state index in [0.717, 1.165) is 24.4 Å². The van der Waals surface area contributed by atoms with Gasteiger partial charge in [0.25, 0.3) is 0 Å². The third kappa shape index (κ3) is 3.08. The second kappa shape index (κ2) is 6.38. The summed E-state index contributed by atoms with van der Waals surface area (Å²) in [4.78, 5) is 31.8. The van der Waals surface area contributed by atoms with Crippen LogP contribution in [0.15, 0.2) is 6.33 Å². The van der Waals surface area contributed by atoms with Gasteiger partial charge in [-0.3, -0.25) is 0 Å². The number of hydrogen-bond donors (Lipinski definition) is 4. The van der Waals surface area contributed by atoms with E-state index >= 15 is 0 Å². The fourth-order valence-corrected chi connectivity index (χ4v) is 2.23. The summed E-state index contributed by atoms with van der Waals surface area (Å²) in [5, 5.41) is 15.0. The number of H-pyrrole nitrogens is 1. The molecule has 0 fully saturated rings. The smallest absolute Gasteiger partial charge is 0.326 e. The fraction of sp³-hybridized carbons (Fsp3) is 0.583. The van der Waals surface area contributed by atoms with Crippen LogP contribution in [0.1, 0.15) is 17.8 Å². The molecular weight excluding hydrogens is 262 g/mol. The molecule has 8 nitrogen and oxygen atoms in total. The maximum Gasteiger partial charge on any atom is 0.326 e. The van der Waals surface area contributed by atoms with Gasteiger partial charge in [-0.25, -0.2) is 14.6 Å². The Kier molecular flexibility index (Phi) is 4.57. The number of nitrogens with one attached hydrogen (secondary N) is 3. The predicted octanol–water partition coefficient (Wildman–Crippen LogP) is -0.460. The number of fused-ring (bicyclic) bond motifs is 1. The molecule has 0 aliphatic carbocycles. The molecule has 0 aromatic carbocycles. The number of aromatic amines is 1. The van der Waals surface area contributed by atoms with Crippen LogP contribution in [-0.2, 0) is 17.8 Å². The Morgan fingerprint density at radius 1 is 1.55 bits per heavy atom. The maximum atomic E-state index is 12.1. The van der Waals surface area contributed by atoms with Crippen molar-refractivity contribution in [3.05, 3.63) is 17.7 Å². The third-order valence-corrected chi connectivity index (χ3v) is 3.32. The minimum atomic E-state index is -1.01. The van der Waals surface area contributed by atoms with Crippen molar-refractivity contribution in [2.24, 2.45) is 0 Å². The van der Waals surface area contributed by atoms with Crippen molar-refractivity contribution in [2.75, 3.05) is 20.1 Å². The first kappa shape index (κ1) is 14.3. The number of hydrogen-bond acceptors (Lipinski definition) is 4. The molecule has 0 radical (unpaired) electrons. The normalized spacial score (nSPS) is 17.6. The highest BCUT2D eigenvalue weighted by molar-refractivity contribution is 5.83. The predicted molar refractivity (Wildman–Crippen MR) is 71.2 cm³/mol. The standard InChI is InChI=1S/C12H19N5O3/c1-13-3-2-4-14-12(20)17-6-9-8(15-7-16-9)5-10(17)11(18)19/h7,10,13H,2-6H2,1H3,(H,14,20)(H,15,16)(H,18,19). The van der Waals surface area contributed by atoms with Crippen LogP contribution in [-0.4, -0.2) is 58.2 Å². The summed E-state index contributed by atoms with van der Waals surface area (Å²) in [6.07, 6.45) is 2.55. The Hall–Kier alpha value is -2.09. The van der Waals surface area contributed by atoms with Gasteiger partial charge < -0.3 is 25.6 Å². The third-order valence-electron chi connectivity index (χ3n) is 3.32. The van der Waals surface area contributed by atoms with Crippen molar-refractivity contribution >= 4 is 12.0 Å². The Balaban J connectivity index is 2.01. The SMILES string of the molecule is CNCCCNC(=O)N1Cc2[nH]cnc2CC1C(=O)O. The lowest BCUT2D eigenvalue weighted by molar-refractivity contribution is -0.142. The van der Waals surface area contributed by atoms with Gasteiger partial charge in [-0.15, -0.1) is 0 Å². The zero-order valence-electron chi connectivity index (χ0n) is 11.3. The molecule has 1 unspecified atom stereocenters. The van der Waals surface area contributed by atoms with E-state index in [1.54, 1.807) is 0 Å². The van der Waals surface area contributed by atoms with Gasteiger partial charge in [0.2, 0.25) is 0 Å². The molecular formula is C12H19N5O3. The lowest BCUT2D eigenvalue weighted by Gasteiger charge is -2.32. The zero-order chi connectivity index (χ0) is 14.5. The summed E-state index contributed by atoms with van der Waals surface area (Å²) in [5.74, 6) is -1.01. The molecule has 1 aliphatic rings. The Morgan fingerprint density at radius 3 is 3.05 bits per heavy atom. The van der Waals surface area contributed by atoms with E-state index in [1.165, 1.54) is 11.2 Å². The van der Waals surface area contributed by atoms with Gasteiger partial charge in [-0.2, -0.15) is 0 Å². The number of carbonyl (C=O) groups is 2. The highest BCUT2D eigenvalue weighted by atomic mass is 16.4. The van der Waals surface area contributed by atoms with E-state index in [1.807, 2.05) is 7.05 Å². The molecule has 1 aromatic heterocycles. The molecule has 2 heterocycles. The minimum absolute atomic E-state index is 0.234. The Labute approximate surface area is 116 Å². The van der Waals surface area contributed by atoms with Crippen LogP contribution < -0.4 is 10.6 Å². The summed E-state index contributed by atoms with van der Waals surface area (Å²) in [5.41, 5.74) is 1.52. The van der Waals surface area contributed by atoms with E-state index in [9.17, 15) is 14.7 Å². The molecule has 0 spiro atoms. The van der Waals surface area contributed by atoms with Crippen molar-refractivity contribution in [3.8, 4) is 0 Å². The number of aromatic nitrogens is 2. The Bertz CT molecular complexity index is 487. The molecule has 20 heavy (non-hydrogen) atoms. The van der Waals surface area contributed by atoms with Crippen molar-refractivity contribution in [1.82, 2.24) is 25.5 Å². The molecule has 0 bridgehead atoms. The molecule has 0 saturated heterocycles. The molecule has 1 aromatic rings. The molecule has 8 heteroatoms. The van der Waals surface area contributed by atoms with Crippen molar-refractivity contribution in [2.45, 2.75) is 25.4 Å². The number of urea groups is 1. The molecule has 4 N–H and O–H groups in total. The largest absolute Gasteiger partial charge is 0.480 e. The number of carbonyl (C=O) groups excluding carboxylic acids is 1. The van der Waals surface area contributed by atoms with E-state index in [4.69, 9.17) is 0 Å². The number of nitrogens with zero attached hydrogens (tertiary/aromatic N) is 2. The highest BCUT2D eigenvalue weighted by Crippen LogP contribution is 2.20. The molecule has 110 valence electrons. The van der Waals surface area contributed by atoms with Gasteiger partial charge in [-0.1, -0.05) is 0 Å². The molecule has 1 aliphatic heterocycles. The number of rotatable bonds is 5.